The van der Waals surface area contributed by atoms with Crippen LogP contribution in [-0.2, 0) is 4.74 Å². The number of carbonyl (C=O) groups is 1. The highest BCUT2D eigenvalue weighted by atomic mass is 16.6. The van der Waals surface area contributed by atoms with Gasteiger partial charge in [0.2, 0.25) is 5.88 Å². The van der Waals surface area contributed by atoms with Crippen LogP contribution in [0.25, 0.3) is 0 Å². The standard InChI is InChI=1S/C17H25N3O5/c1-17(2,3)25-16(21)19-9-6-13(7-10-19)8-11-24-15-5-4-14(12-18-15)20(22)23/h4-5,12-13H,6-11H2,1-3H3. The van der Waals surface area contributed by atoms with Gasteiger partial charge in [0.15, 0.2) is 0 Å². The topological polar surface area (TPSA) is 94.8 Å². The second-order valence-electron chi connectivity index (χ2n) is 7.16. The first-order valence-corrected chi connectivity index (χ1v) is 8.46. The minimum atomic E-state index is -0.491. The molecule has 1 aliphatic heterocycles. The molecule has 1 amide bonds. The maximum atomic E-state index is 12.0. The molecule has 2 rings (SSSR count). The Labute approximate surface area is 147 Å². The molecule has 2 heterocycles. The first kappa shape index (κ1) is 19.0. The molecule has 8 nitrogen and oxygen atoms in total. The third kappa shape index (κ3) is 6.21. The summed E-state index contributed by atoms with van der Waals surface area (Å²) in [4.78, 5) is 27.8. The second kappa shape index (κ2) is 8.13. The lowest BCUT2D eigenvalue weighted by Crippen LogP contribution is -2.41. The number of ether oxygens (including phenoxy) is 2. The van der Waals surface area contributed by atoms with Crippen LogP contribution in [0.3, 0.4) is 0 Å². The quantitative estimate of drug-likeness (QED) is 0.596. The number of nitro groups is 1. The number of carbonyl (C=O) groups excluding carboxylic acids is 1. The first-order valence-electron chi connectivity index (χ1n) is 8.46. The molecule has 1 fully saturated rings. The molecule has 0 unspecified atom stereocenters. The molecule has 0 saturated carbocycles. The van der Waals surface area contributed by atoms with E-state index in [-0.39, 0.29) is 11.8 Å². The summed E-state index contributed by atoms with van der Waals surface area (Å²) in [7, 11) is 0. The van der Waals surface area contributed by atoms with Crippen molar-refractivity contribution in [1.29, 1.82) is 0 Å². The van der Waals surface area contributed by atoms with Crippen molar-refractivity contribution in [1.82, 2.24) is 9.88 Å². The summed E-state index contributed by atoms with van der Waals surface area (Å²) in [6.45, 7) is 7.47. The van der Waals surface area contributed by atoms with E-state index in [1.165, 1.54) is 18.3 Å². The number of rotatable bonds is 5. The number of hydrogen-bond donors (Lipinski definition) is 0. The van der Waals surface area contributed by atoms with Gasteiger partial charge in [-0.1, -0.05) is 0 Å². The van der Waals surface area contributed by atoms with Crippen molar-refractivity contribution in [2.45, 2.75) is 45.6 Å². The van der Waals surface area contributed by atoms with Crippen molar-refractivity contribution < 1.29 is 19.2 Å². The highest BCUT2D eigenvalue weighted by Crippen LogP contribution is 2.23. The Hall–Kier alpha value is -2.38. The predicted molar refractivity (Wildman–Crippen MR) is 91.5 cm³/mol. The van der Waals surface area contributed by atoms with E-state index < -0.39 is 10.5 Å². The normalized spacial score (nSPS) is 15.7. The lowest BCUT2D eigenvalue weighted by Gasteiger charge is -2.33. The van der Waals surface area contributed by atoms with Gasteiger partial charge in [-0.15, -0.1) is 0 Å². The highest BCUT2D eigenvalue weighted by molar-refractivity contribution is 5.68. The average Bonchev–Trinajstić information content (AvgIpc) is 2.54. The minimum Gasteiger partial charge on any atom is -0.478 e. The van der Waals surface area contributed by atoms with Crippen molar-refractivity contribution in [3.63, 3.8) is 0 Å². The molecule has 8 heteroatoms. The Morgan fingerprint density at radius 1 is 1.36 bits per heavy atom. The van der Waals surface area contributed by atoms with Gasteiger partial charge in [0.1, 0.15) is 11.8 Å². The molecular formula is C17H25N3O5. The van der Waals surface area contributed by atoms with Crippen LogP contribution in [0.5, 0.6) is 5.88 Å². The molecule has 138 valence electrons. The van der Waals surface area contributed by atoms with Crippen LogP contribution in [0.2, 0.25) is 0 Å². The molecule has 0 spiro atoms. The molecule has 0 bridgehead atoms. The van der Waals surface area contributed by atoms with Gasteiger partial charge in [-0.3, -0.25) is 10.1 Å². The Bertz CT molecular complexity index is 589. The summed E-state index contributed by atoms with van der Waals surface area (Å²) in [5.74, 6) is 0.869. The lowest BCUT2D eigenvalue weighted by atomic mass is 9.94. The molecule has 1 aromatic heterocycles. The summed E-state index contributed by atoms with van der Waals surface area (Å²) in [6, 6.07) is 2.88. The molecule has 1 aromatic rings. The number of aromatic nitrogens is 1. The molecule has 1 saturated heterocycles. The van der Waals surface area contributed by atoms with E-state index in [9.17, 15) is 14.9 Å². The Balaban J connectivity index is 1.68. The molecule has 0 radical (unpaired) electrons. The van der Waals surface area contributed by atoms with Crippen LogP contribution in [0.4, 0.5) is 10.5 Å². The highest BCUT2D eigenvalue weighted by Gasteiger charge is 2.26. The number of piperidine rings is 1. The molecule has 0 aromatic carbocycles. The third-order valence-corrected chi connectivity index (χ3v) is 3.97. The van der Waals surface area contributed by atoms with Gasteiger partial charge in [-0.2, -0.15) is 0 Å². The lowest BCUT2D eigenvalue weighted by molar-refractivity contribution is -0.385. The molecule has 0 atom stereocenters. The second-order valence-corrected chi connectivity index (χ2v) is 7.16. The maximum Gasteiger partial charge on any atom is 0.410 e. The zero-order chi connectivity index (χ0) is 18.4. The molecule has 0 N–H and O–H groups in total. The van der Waals surface area contributed by atoms with E-state index in [1.807, 2.05) is 20.8 Å². The van der Waals surface area contributed by atoms with Crippen LogP contribution < -0.4 is 4.74 Å². The minimum absolute atomic E-state index is 0.0538. The number of amides is 1. The van der Waals surface area contributed by atoms with Crippen LogP contribution in [0, 0.1) is 16.0 Å². The van der Waals surface area contributed by atoms with Gasteiger partial charge in [-0.25, -0.2) is 9.78 Å². The average molecular weight is 351 g/mol. The summed E-state index contributed by atoms with van der Waals surface area (Å²) in [6.07, 6.45) is 3.62. The third-order valence-electron chi connectivity index (χ3n) is 3.97. The summed E-state index contributed by atoms with van der Waals surface area (Å²) in [5, 5.41) is 10.6. The fraction of sp³-hybridized carbons (Fsp3) is 0.647. The van der Waals surface area contributed by atoms with Crippen LogP contribution in [-0.4, -0.2) is 46.2 Å². The fourth-order valence-corrected chi connectivity index (χ4v) is 2.63. The Kier molecular flexibility index (Phi) is 6.17. The molecule has 25 heavy (non-hydrogen) atoms. The summed E-state index contributed by atoms with van der Waals surface area (Å²) >= 11 is 0. The van der Waals surface area contributed by atoms with Gasteiger partial charge in [0, 0.05) is 25.2 Å². The van der Waals surface area contributed by atoms with Gasteiger partial charge >= 0.3 is 6.09 Å². The van der Waals surface area contributed by atoms with Crippen molar-refractivity contribution in [3.05, 3.63) is 28.4 Å². The Morgan fingerprint density at radius 2 is 2.04 bits per heavy atom. The fourth-order valence-electron chi connectivity index (χ4n) is 2.63. The molecule has 0 aliphatic carbocycles. The maximum absolute atomic E-state index is 12.0. The van der Waals surface area contributed by atoms with Crippen molar-refractivity contribution >= 4 is 11.8 Å². The van der Waals surface area contributed by atoms with Crippen LogP contribution >= 0.6 is 0 Å². The van der Waals surface area contributed by atoms with Gasteiger partial charge < -0.3 is 14.4 Å². The number of pyridine rings is 1. The number of likely N-dealkylation sites (tertiary alicyclic amines) is 1. The summed E-state index contributed by atoms with van der Waals surface area (Å²) in [5.41, 5.74) is -0.527. The Morgan fingerprint density at radius 3 is 2.56 bits per heavy atom. The summed E-state index contributed by atoms with van der Waals surface area (Å²) < 4.78 is 10.9. The first-order chi connectivity index (χ1) is 11.7. The van der Waals surface area contributed by atoms with Gasteiger partial charge in [-0.05, 0) is 46.0 Å². The molecule has 1 aliphatic rings. The van der Waals surface area contributed by atoms with E-state index in [0.717, 1.165) is 19.3 Å². The number of nitrogens with zero attached hydrogens (tertiary/aromatic N) is 3. The predicted octanol–water partition coefficient (Wildman–Crippen LogP) is 3.41. The molecular weight excluding hydrogens is 326 g/mol. The van der Waals surface area contributed by atoms with E-state index >= 15 is 0 Å². The van der Waals surface area contributed by atoms with Crippen molar-refractivity contribution in [2.24, 2.45) is 5.92 Å². The van der Waals surface area contributed by atoms with E-state index in [4.69, 9.17) is 9.47 Å². The van der Waals surface area contributed by atoms with Crippen molar-refractivity contribution in [3.8, 4) is 5.88 Å². The van der Waals surface area contributed by atoms with Crippen LogP contribution in [0.1, 0.15) is 40.0 Å². The van der Waals surface area contributed by atoms with Crippen molar-refractivity contribution in [2.75, 3.05) is 19.7 Å². The van der Waals surface area contributed by atoms with Crippen LogP contribution in [0.15, 0.2) is 18.3 Å². The van der Waals surface area contributed by atoms with E-state index in [1.54, 1.807) is 4.90 Å². The zero-order valence-corrected chi connectivity index (χ0v) is 14.9. The largest absolute Gasteiger partial charge is 0.478 e. The smallest absolute Gasteiger partial charge is 0.410 e. The monoisotopic (exact) mass is 351 g/mol. The van der Waals surface area contributed by atoms with Gasteiger partial charge in [0.25, 0.3) is 5.69 Å². The van der Waals surface area contributed by atoms with E-state index in [0.29, 0.717) is 31.5 Å². The zero-order valence-electron chi connectivity index (χ0n) is 14.9. The van der Waals surface area contributed by atoms with Gasteiger partial charge in [0.05, 0.1) is 11.5 Å². The SMILES string of the molecule is CC(C)(C)OC(=O)N1CCC(CCOc2ccc([N+](=O)[O-])cn2)CC1. The number of hydrogen-bond acceptors (Lipinski definition) is 6. The van der Waals surface area contributed by atoms with E-state index in [2.05, 4.69) is 4.98 Å².